The first-order valence-electron chi connectivity index (χ1n) is 11.9. The summed E-state index contributed by atoms with van der Waals surface area (Å²) in [5, 5.41) is 0. The third-order valence-corrected chi connectivity index (χ3v) is 5.37. The molecule has 0 aromatic heterocycles. The molecule has 2 heteroatoms. The second-order valence-corrected chi connectivity index (χ2v) is 8.01. The fourth-order valence-corrected chi connectivity index (χ4v) is 3.50. The van der Waals surface area contributed by atoms with Crippen molar-refractivity contribution in [1.82, 2.24) is 0 Å². The number of ether oxygens (including phenoxy) is 1. The van der Waals surface area contributed by atoms with Crippen molar-refractivity contribution >= 4 is 5.97 Å². The van der Waals surface area contributed by atoms with Crippen molar-refractivity contribution in [2.75, 3.05) is 0 Å². The van der Waals surface area contributed by atoms with Gasteiger partial charge in [0.05, 0.1) is 0 Å². The van der Waals surface area contributed by atoms with E-state index < -0.39 is 0 Å². The van der Waals surface area contributed by atoms with Gasteiger partial charge in [-0.15, -0.1) is 0 Å². The highest BCUT2D eigenvalue weighted by molar-refractivity contribution is 5.69. The van der Waals surface area contributed by atoms with Crippen molar-refractivity contribution < 1.29 is 9.53 Å². The Kier molecular flexibility index (Phi) is 20.4. The molecule has 0 spiro atoms. The molecule has 2 nitrogen and oxygen atoms in total. The number of carbonyl (C=O) groups excluding carboxylic acids is 1. The molecular formula is C24H48O2. The van der Waals surface area contributed by atoms with Crippen LogP contribution in [0.25, 0.3) is 0 Å². The summed E-state index contributed by atoms with van der Waals surface area (Å²) < 4.78 is 5.61. The molecule has 0 saturated heterocycles. The summed E-state index contributed by atoms with van der Waals surface area (Å²) in [6.45, 7) is 6.61. The molecule has 0 aliphatic carbocycles. The topological polar surface area (TPSA) is 26.3 Å². The zero-order valence-electron chi connectivity index (χ0n) is 18.3. The molecule has 0 N–H and O–H groups in total. The maximum absolute atomic E-state index is 11.9. The van der Waals surface area contributed by atoms with E-state index in [2.05, 4.69) is 20.8 Å². The monoisotopic (exact) mass is 368 g/mol. The third-order valence-electron chi connectivity index (χ3n) is 5.37. The lowest BCUT2D eigenvalue weighted by Gasteiger charge is -2.16. The highest BCUT2D eigenvalue weighted by atomic mass is 16.5. The molecule has 1 atom stereocenters. The fourth-order valence-electron chi connectivity index (χ4n) is 3.50. The van der Waals surface area contributed by atoms with Gasteiger partial charge in [0.15, 0.2) is 0 Å². The second kappa shape index (κ2) is 20.8. The van der Waals surface area contributed by atoms with Gasteiger partial charge in [0.2, 0.25) is 0 Å². The molecule has 1 unspecified atom stereocenters. The van der Waals surface area contributed by atoms with Gasteiger partial charge >= 0.3 is 5.97 Å². The van der Waals surface area contributed by atoms with E-state index in [4.69, 9.17) is 4.74 Å². The summed E-state index contributed by atoms with van der Waals surface area (Å²) in [6, 6.07) is 0. The highest BCUT2D eigenvalue weighted by Crippen LogP contribution is 2.14. The number of esters is 1. The maximum Gasteiger partial charge on any atom is 0.306 e. The number of unbranched alkanes of at least 4 members (excludes halogenated alkanes) is 14. The Bertz CT molecular complexity index is 288. The van der Waals surface area contributed by atoms with Crippen LogP contribution in [0.15, 0.2) is 0 Å². The zero-order valence-corrected chi connectivity index (χ0v) is 18.3. The van der Waals surface area contributed by atoms with Gasteiger partial charge in [-0.05, 0) is 25.7 Å². The van der Waals surface area contributed by atoms with Gasteiger partial charge in [-0.3, -0.25) is 4.79 Å². The predicted molar refractivity (Wildman–Crippen MR) is 115 cm³/mol. The maximum atomic E-state index is 11.9. The summed E-state index contributed by atoms with van der Waals surface area (Å²) in [5.74, 6) is 0.0245. The molecule has 0 bridgehead atoms. The quantitative estimate of drug-likeness (QED) is 0.159. The second-order valence-electron chi connectivity index (χ2n) is 8.01. The van der Waals surface area contributed by atoms with E-state index in [1.165, 1.54) is 96.3 Å². The van der Waals surface area contributed by atoms with Crippen molar-refractivity contribution in [3.05, 3.63) is 0 Å². The van der Waals surface area contributed by atoms with Crippen molar-refractivity contribution in [3.63, 3.8) is 0 Å². The smallest absolute Gasteiger partial charge is 0.306 e. The zero-order chi connectivity index (χ0) is 19.3. The van der Waals surface area contributed by atoms with E-state index in [1.807, 2.05) is 0 Å². The molecule has 0 rings (SSSR count). The van der Waals surface area contributed by atoms with Crippen LogP contribution in [0.2, 0.25) is 0 Å². The first-order valence-corrected chi connectivity index (χ1v) is 11.9. The van der Waals surface area contributed by atoms with Crippen LogP contribution in [0.1, 0.15) is 143 Å². The SMILES string of the molecule is CCCCCCCCCCCCCCCC(=O)OC(CC)CCCCC. The summed E-state index contributed by atoms with van der Waals surface area (Å²) in [6.07, 6.45) is 23.8. The molecule has 0 aliphatic heterocycles. The molecule has 0 radical (unpaired) electrons. The number of rotatable bonds is 20. The Balaban J connectivity index is 3.34. The number of hydrogen-bond acceptors (Lipinski definition) is 2. The number of hydrogen-bond donors (Lipinski definition) is 0. The van der Waals surface area contributed by atoms with Crippen LogP contribution in [-0.4, -0.2) is 12.1 Å². The first-order chi connectivity index (χ1) is 12.7. The minimum absolute atomic E-state index is 0.0245. The Labute approximate surface area is 164 Å². The molecule has 0 fully saturated rings. The minimum atomic E-state index is 0.0245. The van der Waals surface area contributed by atoms with Gasteiger partial charge < -0.3 is 4.74 Å². The van der Waals surface area contributed by atoms with E-state index in [0.29, 0.717) is 6.42 Å². The van der Waals surface area contributed by atoms with Crippen LogP contribution in [0.3, 0.4) is 0 Å². The van der Waals surface area contributed by atoms with Gasteiger partial charge in [0.25, 0.3) is 0 Å². The summed E-state index contributed by atoms with van der Waals surface area (Å²) in [7, 11) is 0. The van der Waals surface area contributed by atoms with Crippen LogP contribution in [-0.2, 0) is 9.53 Å². The summed E-state index contributed by atoms with van der Waals surface area (Å²) in [4.78, 5) is 11.9. The largest absolute Gasteiger partial charge is 0.462 e. The Morgan fingerprint density at radius 3 is 1.50 bits per heavy atom. The van der Waals surface area contributed by atoms with Crippen molar-refractivity contribution in [1.29, 1.82) is 0 Å². The van der Waals surface area contributed by atoms with Gasteiger partial charge in [-0.2, -0.15) is 0 Å². The predicted octanol–water partition coefficient (Wildman–Crippen LogP) is 8.37. The standard InChI is InChI=1S/C24H48O2/c1-4-7-9-10-11-12-13-14-15-16-17-18-20-22-24(25)26-23(6-3)21-19-8-5-2/h23H,4-22H2,1-3H3. The Hall–Kier alpha value is -0.530. The number of carbonyl (C=O) groups is 1. The van der Waals surface area contributed by atoms with E-state index in [-0.39, 0.29) is 12.1 Å². The molecule has 0 amide bonds. The molecule has 156 valence electrons. The molecule has 0 aromatic rings. The average Bonchev–Trinajstić information content (AvgIpc) is 2.64. The van der Waals surface area contributed by atoms with Crippen LogP contribution >= 0.6 is 0 Å². The molecule has 0 saturated carbocycles. The summed E-state index contributed by atoms with van der Waals surface area (Å²) in [5.41, 5.74) is 0. The van der Waals surface area contributed by atoms with Gasteiger partial charge in [0.1, 0.15) is 6.10 Å². The van der Waals surface area contributed by atoms with Crippen LogP contribution in [0.4, 0.5) is 0 Å². The Morgan fingerprint density at radius 1 is 0.615 bits per heavy atom. The van der Waals surface area contributed by atoms with Crippen molar-refractivity contribution in [2.24, 2.45) is 0 Å². The van der Waals surface area contributed by atoms with E-state index in [1.54, 1.807) is 0 Å². The Morgan fingerprint density at radius 2 is 1.04 bits per heavy atom. The average molecular weight is 369 g/mol. The van der Waals surface area contributed by atoms with Crippen molar-refractivity contribution in [2.45, 2.75) is 149 Å². The summed E-state index contributed by atoms with van der Waals surface area (Å²) >= 11 is 0. The van der Waals surface area contributed by atoms with E-state index in [9.17, 15) is 4.79 Å². The van der Waals surface area contributed by atoms with Crippen LogP contribution in [0.5, 0.6) is 0 Å². The van der Waals surface area contributed by atoms with Crippen LogP contribution < -0.4 is 0 Å². The molecule has 0 aliphatic rings. The van der Waals surface area contributed by atoms with Gasteiger partial charge in [-0.25, -0.2) is 0 Å². The lowest BCUT2D eigenvalue weighted by molar-refractivity contribution is -0.149. The van der Waals surface area contributed by atoms with E-state index >= 15 is 0 Å². The molecule has 26 heavy (non-hydrogen) atoms. The minimum Gasteiger partial charge on any atom is -0.462 e. The fraction of sp³-hybridized carbons (Fsp3) is 0.958. The van der Waals surface area contributed by atoms with Crippen LogP contribution in [0, 0.1) is 0 Å². The molecule has 0 heterocycles. The van der Waals surface area contributed by atoms with Gasteiger partial charge in [0, 0.05) is 6.42 Å². The molecular weight excluding hydrogens is 320 g/mol. The normalized spacial score (nSPS) is 12.3. The molecule has 0 aromatic carbocycles. The van der Waals surface area contributed by atoms with Gasteiger partial charge in [-0.1, -0.05) is 111 Å². The third kappa shape index (κ3) is 18.3. The lowest BCUT2D eigenvalue weighted by Crippen LogP contribution is -2.17. The lowest BCUT2D eigenvalue weighted by atomic mass is 10.0. The van der Waals surface area contributed by atoms with E-state index in [0.717, 1.165) is 19.3 Å². The van der Waals surface area contributed by atoms with Crippen molar-refractivity contribution in [3.8, 4) is 0 Å². The first kappa shape index (κ1) is 25.5. The highest BCUT2D eigenvalue weighted by Gasteiger charge is 2.11.